The smallest absolute Gasteiger partial charge is 0.126 e. The number of rotatable bonds is 2. The highest BCUT2D eigenvalue weighted by atomic mass is 19.1. The largest absolute Gasteiger partial charge is 0.308 e. The van der Waals surface area contributed by atoms with E-state index in [1.807, 2.05) is 0 Å². The van der Waals surface area contributed by atoms with E-state index in [1.165, 1.54) is 44.1 Å². The second-order valence-electron chi connectivity index (χ2n) is 10.7. The van der Waals surface area contributed by atoms with E-state index in [4.69, 9.17) is 0 Å². The van der Waals surface area contributed by atoms with Gasteiger partial charge in [-0.2, -0.15) is 0 Å². The van der Waals surface area contributed by atoms with Crippen LogP contribution in [0.1, 0.15) is 55.5 Å². The van der Waals surface area contributed by atoms with Crippen molar-refractivity contribution in [1.29, 1.82) is 0 Å². The molecule has 2 heterocycles. The van der Waals surface area contributed by atoms with Crippen LogP contribution in [0.3, 0.4) is 0 Å². The maximum Gasteiger partial charge on any atom is 0.126 e. The number of halogens is 1. The molecular weight excluding hydrogens is 405 g/mol. The van der Waals surface area contributed by atoms with Crippen LogP contribution in [0, 0.1) is 26.2 Å². The van der Waals surface area contributed by atoms with Crippen LogP contribution in [0.15, 0.2) is 42.5 Å². The molecule has 5 aromatic rings. The highest BCUT2D eigenvalue weighted by Gasteiger charge is 2.25. The number of para-hydroxylation sites is 1. The molecule has 0 spiro atoms. The average molecular weight is 438 g/mol. The van der Waals surface area contributed by atoms with Gasteiger partial charge in [-0.3, -0.25) is 0 Å². The Kier molecular flexibility index (Phi) is 4.72. The van der Waals surface area contributed by atoms with Gasteiger partial charge in [-0.05, 0) is 79.1 Å². The molecule has 0 aliphatic carbocycles. The minimum Gasteiger partial charge on any atom is -0.308 e. The van der Waals surface area contributed by atoms with Gasteiger partial charge in [-0.1, -0.05) is 57.7 Å². The summed E-state index contributed by atoms with van der Waals surface area (Å²) >= 11 is 0. The molecule has 2 aromatic heterocycles. The van der Waals surface area contributed by atoms with Gasteiger partial charge in [0.15, 0.2) is 0 Å². The Balaban J connectivity index is 2.23. The maximum atomic E-state index is 15.5. The summed E-state index contributed by atoms with van der Waals surface area (Å²) < 4.78 is 17.9. The topological polar surface area (TPSA) is 4.41 Å². The lowest BCUT2D eigenvalue weighted by atomic mass is 9.84. The molecule has 0 aliphatic rings. The van der Waals surface area contributed by atoms with Gasteiger partial charge in [-0.15, -0.1) is 0 Å². The molecule has 168 valence electrons. The Bertz CT molecular complexity index is 1670. The van der Waals surface area contributed by atoms with Crippen LogP contribution >= 0.6 is 0 Å². The molecule has 0 saturated carbocycles. The van der Waals surface area contributed by atoms with Gasteiger partial charge in [0.1, 0.15) is 5.83 Å². The normalized spacial score (nSPS) is 13.3. The molecule has 0 saturated heterocycles. The van der Waals surface area contributed by atoms with Gasteiger partial charge >= 0.3 is 0 Å². The summed E-state index contributed by atoms with van der Waals surface area (Å²) in [4.78, 5) is 0. The monoisotopic (exact) mass is 437 g/mol. The molecule has 0 radical (unpaired) electrons. The number of nitrogens with zero attached hydrogens (tertiary/aromatic N) is 1. The second kappa shape index (κ2) is 7.18. The zero-order valence-electron chi connectivity index (χ0n) is 20.8. The molecule has 0 unspecified atom stereocenters. The van der Waals surface area contributed by atoms with Crippen LogP contribution in [-0.4, -0.2) is 4.40 Å². The lowest BCUT2D eigenvalue weighted by molar-refractivity contribution is 0.412. The van der Waals surface area contributed by atoms with E-state index in [1.54, 1.807) is 13.0 Å². The molecule has 0 fully saturated rings. The zero-order chi connectivity index (χ0) is 23.8. The fourth-order valence-electron chi connectivity index (χ4n) is 5.70. The first-order valence-corrected chi connectivity index (χ1v) is 11.8. The minimum absolute atomic E-state index is 0.0734. The fourth-order valence-corrected chi connectivity index (χ4v) is 5.70. The lowest BCUT2D eigenvalue weighted by Crippen LogP contribution is -2.14. The SMILES string of the molecule is C=c1c2c(C)c(C)cc(C)c2n2c3ccccc3c3c(CC(C)(C)C)cc(/C(F)=C\C)c1c32. The molecule has 1 nitrogen and oxygen atoms in total. The summed E-state index contributed by atoms with van der Waals surface area (Å²) in [7, 11) is 0. The Morgan fingerprint density at radius 2 is 1.67 bits per heavy atom. The van der Waals surface area contributed by atoms with Gasteiger partial charge in [-0.25, -0.2) is 4.39 Å². The molecule has 0 bridgehead atoms. The van der Waals surface area contributed by atoms with Gasteiger partial charge < -0.3 is 4.40 Å². The van der Waals surface area contributed by atoms with Crippen LogP contribution in [0.2, 0.25) is 0 Å². The summed E-state index contributed by atoms with van der Waals surface area (Å²) in [5, 5.41) is 5.43. The van der Waals surface area contributed by atoms with E-state index in [9.17, 15) is 0 Å². The first kappa shape index (κ1) is 21.7. The molecule has 0 atom stereocenters. The molecule has 3 aromatic carbocycles. The summed E-state index contributed by atoms with van der Waals surface area (Å²) in [6.45, 7) is 19.6. The third kappa shape index (κ3) is 3.04. The summed E-state index contributed by atoms with van der Waals surface area (Å²) in [6, 6.07) is 13.0. The van der Waals surface area contributed by atoms with Crippen molar-refractivity contribution < 1.29 is 4.39 Å². The number of hydrogen-bond acceptors (Lipinski definition) is 0. The third-order valence-electron chi connectivity index (χ3n) is 7.09. The van der Waals surface area contributed by atoms with Crippen molar-refractivity contribution in [3.05, 3.63) is 75.5 Å². The number of benzene rings is 3. The zero-order valence-corrected chi connectivity index (χ0v) is 20.8. The highest BCUT2D eigenvalue weighted by molar-refractivity contribution is 6.20. The Morgan fingerprint density at radius 3 is 2.33 bits per heavy atom. The number of hydrogen-bond donors (Lipinski definition) is 0. The van der Waals surface area contributed by atoms with Crippen LogP contribution < -0.4 is 5.22 Å². The van der Waals surface area contributed by atoms with E-state index in [0.717, 1.165) is 27.9 Å². The number of aryl methyl sites for hydroxylation is 3. The van der Waals surface area contributed by atoms with Crippen molar-refractivity contribution in [3.63, 3.8) is 0 Å². The molecule has 5 rings (SSSR count). The lowest BCUT2D eigenvalue weighted by Gasteiger charge is -2.22. The van der Waals surface area contributed by atoms with E-state index in [0.29, 0.717) is 5.56 Å². The molecule has 0 amide bonds. The van der Waals surface area contributed by atoms with E-state index >= 15 is 4.39 Å². The standard InChI is InChI=1S/C31H32FN/c1-9-24(32)23-15-21(16-31(6,7)8)28-22-12-10-11-13-25(22)33-29-18(3)14-17(2)19(4)26(29)20(5)27(23)30(28)33/h9-15H,5,16H2,1-4,6-8H3/b24-9+. The summed E-state index contributed by atoms with van der Waals surface area (Å²) in [6.07, 6.45) is 2.44. The predicted molar refractivity (Wildman–Crippen MR) is 143 cm³/mol. The maximum absolute atomic E-state index is 15.5. The van der Waals surface area contributed by atoms with E-state index < -0.39 is 0 Å². The van der Waals surface area contributed by atoms with Crippen molar-refractivity contribution in [3.8, 4) is 0 Å². The summed E-state index contributed by atoms with van der Waals surface area (Å²) in [5.74, 6) is -0.189. The first-order valence-electron chi connectivity index (χ1n) is 11.8. The van der Waals surface area contributed by atoms with Crippen molar-refractivity contribution in [2.75, 3.05) is 0 Å². The van der Waals surface area contributed by atoms with Gasteiger partial charge in [0, 0.05) is 27.1 Å². The number of allylic oxidation sites excluding steroid dienone is 1. The Hall–Kier alpha value is -3.13. The molecule has 2 heteroatoms. The van der Waals surface area contributed by atoms with Crippen molar-refractivity contribution >= 4 is 50.5 Å². The van der Waals surface area contributed by atoms with Crippen LogP contribution in [-0.2, 0) is 6.42 Å². The number of pyridine rings is 1. The van der Waals surface area contributed by atoms with Crippen LogP contribution in [0.5, 0.6) is 0 Å². The number of aromatic nitrogens is 1. The Labute approximate surface area is 195 Å². The average Bonchev–Trinajstić information content (AvgIpc) is 3.09. The fraction of sp³-hybridized carbons (Fsp3) is 0.290. The van der Waals surface area contributed by atoms with Crippen molar-refractivity contribution in [2.24, 2.45) is 5.41 Å². The molecule has 0 N–H and O–H groups in total. The highest BCUT2D eigenvalue weighted by Crippen LogP contribution is 2.42. The molecular formula is C31H32FN. The number of fused-ring (bicyclic) bond motifs is 5. The second-order valence-corrected chi connectivity index (χ2v) is 10.7. The van der Waals surface area contributed by atoms with Crippen molar-refractivity contribution in [2.45, 2.75) is 54.9 Å². The van der Waals surface area contributed by atoms with Gasteiger partial charge in [0.05, 0.1) is 16.6 Å². The minimum atomic E-state index is -0.189. The third-order valence-corrected chi connectivity index (χ3v) is 7.09. The Morgan fingerprint density at radius 1 is 0.970 bits per heavy atom. The quantitative estimate of drug-likeness (QED) is 0.244. The van der Waals surface area contributed by atoms with Gasteiger partial charge in [0.2, 0.25) is 0 Å². The van der Waals surface area contributed by atoms with E-state index in [-0.39, 0.29) is 11.2 Å². The summed E-state index contributed by atoms with van der Waals surface area (Å²) in [5.41, 5.74) is 9.03. The van der Waals surface area contributed by atoms with Gasteiger partial charge in [0.25, 0.3) is 0 Å². The molecule has 0 aliphatic heterocycles. The molecule has 33 heavy (non-hydrogen) atoms. The van der Waals surface area contributed by atoms with Crippen LogP contribution in [0.4, 0.5) is 4.39 Å². The van der Waals surface area contributed by atoms with Crippen LogP contribution in [0.25, 0.3) is 50.5 Å². The predicted octanol–water partition coefficient (Wildman–Crippen LogP) is 8.37. The van der Waals surface area contributed by atoms with E-state index in [2.05, 4.69) is 88.9 Å². The van der Waals surface area contributed by atoms with Crippen molar-refractivity contribution in [1.82, 2.24) is 4.40 Å². The first-order chi connectivity index (χ1) is 15.5.